The van der Waals surface area contributed by atoms with Gasteiger partial charge in [0.15, 0.2) is 0 Å². The molecule has 0 amide bonds. The molecule has 0 aliphatic carbocycles. The number of methoxy groups -OCH3 is 1. The molecule has 0 rings (SSSR count). The van der Waals surface area contributed by atoms with E-state index < -0.39 is 0 Å². The summed E-state index contributed by atoms with van der Waals surface area (Å²) in [6.07, 6.45) is 3.39. The van der Waals surface area contributed by atoms with Crippen LogP contribution in [0.3, 0.4) is 0 Å². The van der Waals surface area contributed by atoms with E-state index in [0.717, 1.165) is 45.0 Å². The van der Waals surface area contributed by atoms with E-state index in [4.69, 9.17) is 9.47 Å². The summed E-state index contributed by atoms with van der Waals surface area (Å²) in [6, 6.07) is 0. The fourth-order valence-electron chi connectivity index (χ4n) is 1.09. The number of halogens is 1. The quantitative estimate of drug-likeness (QED) is 0.471. The van der Waals surface area contributed by atoms with E-state index in [2.05, 4.69) is 29.8 Å². The highest BCUT2D eigenvalue weighted by atomic mass is 79.9. The van der Waals surface area contributed by atoms with Gasteiger partial charge in [-0.05, 0) is 25.2 Å². The zero-order valence-electron chi connectivity index (χ0n) is 9.59. The van der Waals surface area contributed by atoms with Crippen molar-refractivity contribution < 1.29 is 9.47 Å². The lowest BCUT2D eigenvalue weighted by Gasteiger charge is -2.09. The van der Waals surface area contributed by atoms with Crippen LogP contribution in [0.25, 0.3) is 0 Å². The summed E-state index contributed by atoms with van der Waals surface area (Å²) >= 11 is 3.55. The minimum atomic E-state index is 0.473. The Labute approximate surface area is 96.5 Å². The molecular formula is C11H23BrO2. The van der Waals surface area contributed by atoms with Gasteiger partial charge in [0.1, 0.15) is 0 Å². The van der Waals surface area contributed by atoms with Gasteiger partial charge in [0.25, 0.3) is 0 Å². The maximum atomic E-state index is 5.51. The summed E-state index contributed by atoms with van der Waals surface area (Å²) in [4.78, 5) is 0.473. The van der Waals surface area contributed by atoms with Crippen molar-refractivity contribution in [3.8, 4) is 0 Å². The lowest BCUT2D eigenvalue weighted by Crippen LogP contribution is -2.08. The summed E-state index contributed by atoms with van der Waals surface area (Å²) in [6.45, 7) is 6.99. The van der Waals surface area contributed by atoms with E-state index in [0.29, 0.717) is 4.83 Å². The van der Waals surface area contributed by atoms with Gasteiger partial charge in [-0.2, -0.15) is 0 Å². The second-order valence-corrected chi connectivity index (χ2v) is 5.28. The fraction of sp³-hybridized carbons (Fsp3) is 1.00. The monoisotopic (exact) mass is 266 g/mol. The largest absolute Gasteiger partial charge is 0.384 e. The van der Waals surface area contributed by atoms with Gasteiger partial charge < -0.3 is 9.47 Å². The predicted molar refractivity (Wildman–Crippen MR) is 64.1 cm³/mol. The molecule has 0 aromatic heterocycles. The number of hydrogen-bond donors (Lipinski definition) is 0. The smallest absolute Gasteiger partial charge is 0.0587 e. The third-order valence-electron chi connectivity index (χ3n) is 1.99. The Hall–Kier alpha value is 0.400. The number of ether oxygens (including phenoxy) is 2. The second-order valence-electron chi connectivity index (χ2n) is 3.99. The first kappa shape index (κ1) is 14.4. The first-order valence-corrected chi connectivity index (χ1v) is 6.29. The highest BCUT2D eigenvalue weighted by Crippen LogP contribution is 2.08. The molecule has 0 aliphatic heterocycles. The zero-order chi connectivity index (χ0) is 10.8. The van der Waals surface area contributed by atoms with E-state index in [9.17, 15) is 0 Å². The van der Waals surface area contributed by atoms with Crippen LogP contribution in [-0.4, -0.2) is 31.8 Å². The molecule has 0 radical (unpaired) electrons. The molecule has 2 nitrogen and oxygen atoms in total. The van der Waals surface area contributed by atoms with E-state index in [1.807, 2.05) is 0 Å². The van der Waals surface area contributed by atoms with E-state index in [-0.39, 0.29) is 0 Å². The van der Waals surface area contributed by atoms with Gasteiger partial charge in [0.05, 0.1) is 6.61 Å². The Bertz CT molecular complexity index is 118. The standard InChI is InChI=1S/C11H23BrO2/c1-10(2)6-8-14-7-4-5-11(12)9-13-3/h10-11H,4-9H2,1-3H3. The van der Waals surface area contributed by atoms with Crippen molar-refractivity contribution >= 4 is 15.9 Å². The Morgan fingerprint density at radius 2 is 1.86 bits per heavy atom. The van der Waals surface area contributed by atoms with Crippen molar-refractivity contribution in [2.45, 2.75) is 37.9 Å². The summed E-state index contributed by atoms with van der Waals surface area (Å²) < 4.78 is 10.5. The van der Waals surface area contributed by atoms with Gasteiger partial charge in [-0.3, -0.25) is 0 Å². The first-order valence-electron chi connectivity index (χ1n) is 5.37. The molecule has 0 spiro atoms. The van der Waals surface area contributed by atoms with Crippen LogP contribution >= 0.6 is 15.9 Å². The van der Waals surface area contributed by atoms with Crippen molar-refractivity contribution in [1.29, 1.82) is 0 Å². The molecule has 0 aromatic rings. The maximum Gasteiger partial charge on any atom is 0.0587 e. The minimum Gasteiger partial charge on any atom is -0.384 e. The third-order valence-corrected chi connectivity index (χ3v) is 2.72. The van der Waals surface area contributed by atoms with Crippen molar-refractivity contribution in [2.24, 2.45) is 5.92 Å². The Morgan fingerprint density at radius 1 is 1.14 bits per heavy atom. The van der Waals surface area contributed by atoms with Gasteiger partial charge in [0, 0.05) is 25.2 Å². The van der Waals surface area contributed by atoms with Crippen LogP contribution < -0.4 is 0 Å². The Balaban J connectivity index is 3.05. The summed E-state index contributed by atoms with van der Waals surface area (Å²) in [5, 5.41) is 0. The molecule has 14 heavy (non-hydrogen) atoms. The average Bonchev–Trinajstić information content (AvgIpc) is 2.11. The van der Waals surface area contributed by atoms with Crippen molar-refractivity contribution in [1.82, 2.24) is 0 Å². The lowest BCUT2D eigenvalue weighted by atomic mass is 10.1. The van der Waals surface area contributed by atoms with Crippen LogP contribution in [0.1, 0.15) is 33.1 Å². The van der Waals surface area contributed by atoms with Crippen molar-refractivity contribution in [3.63, 3.8) is 0 Å². The maximum absolute atomic E-state index is 5.51. The summed E-state index contributed by atoms with van der Waals surface area (Å²) in [7, 11) is 1.73. The molecule has 86 valence electrons. The topological polar surface area (TPSA) is 18.5 Å². The van der Waals surface area contributed by atoms with Crippen LogP contribution in [-0.2, 0) is 9.47 Å². The van der Waals surface area contributed by atoms with Gasteiger partial charge in [-0.1, -0.05) is 29.8 Å². The van der Waals surface area contributed by atoms with Gasteiger partial charge in [0.2, 0.25) is 0 Å². The predicted octanol–water partition coefficient (Wildman–Crippen LogP) is 3.24. The average molecular weight is 267 g/mol. The van der Waals surface area contributed by atoms with Crippen molar-refractivity contribution in [3.05, 3.63) is 0 Å². The molecule has 0 aromatic carbocycles. The van der Waals surface area contributed by atoms with Crippen LogP contribution in [0.4, 0.5) is 0 Å². The first-order chi connectivity index (χ1) is 6.66. The summed E-state index contributed by atoms with van der Waals surface area (Å²) in [5.74, 6) is 0.743. The number of alkyl halides is 1. The van der Waals surface area contributed by atoms with Gasteiger partial charge >= 0.3 is 0 Å². The molecule has 0 saturated heterocycles. The zero-order valence-corrected chi connectivity index (χ0v) is 11.2. The van der Waals surface area contributed by atoms with E-state index in [1.54, 1.807) is 7.11 Å². The lowest BCUT2D eigenvalue weighted by molar-refractivity contribution is 0.117. The van der Waals surface area contributed by atoms with Crippen LogP contribution in [0.2, 0.25) is 0 Å². The molecule has 0 saturated carbocycles. The Kier molecular flexibility index (Phi) is 10.2. The van der Waals surface area contributed by atoms with Gasteiger partial charge in [-0.25, -0.2) is 0 Å². The molecule has 0 fully saturated rings. The molecule has 3 heteroatoms. The van der Waals surface area contributed by atoms with Crippen molar-refractivity contribution in [2.75, 3.05) is 26.9 Å². The highest BCUT2D eigenvalue weighted by Gasteiger charge is 2.02. The number of rotatable bonds is 9. The van der Waals surface area contributed by atoms with Crippen LogP contribution in [0.15, 0.2) is 0 Å². The molecule has 1 unspecified atom stereocenters. The SMILES string of the molecule is COCC(Br)CCCOCCC(C)C. The minimum absolute atomic E-state index is 0.473. The van der Waals surface area contributed by atoms with Crippen LogP contribution in [0, 0.1) is 5.92 Å². The Morgan fingerprint density at radius 3 is 2.43 bits per heavy atom. The molecule has 0 bridgehead atoms. The highest BCUT2D eigenvalue weighted by molar-refractivity contribution is 9.09. The summed E-state index contributed by atoms with van der Waals surface area (Å²) in [5.41, 5.74) is 0. The third kappa shape index (κ3) is 10.5. The van der Waals surface area contributed by atoms with Gasteiger partial charge in [-0.15, -0.1) is 0 Å². The molecule has 0 heterocycles. The second kappa shape index (κ2) is 9.94. The van der Waals surface area contributed by atoms with E-state index in [1.165, 1.54) is 0 Å². The molecule has 1 atom stereocenters. The molecule has 0 N–H and O–H groups in total. The molecule has 0 aliphatic rings. The van der Waals surface area contributed by atoms with E-state index >= 15 is 0 Å². The normalized spacial score (nSPS) is 13.5. The van der Waals surface area contributed by atoms with Crippen LogP contribution in [0.5, 0.6) is 0 Å². The molecular weight excluding hydrogens is 244 g/mol. The fourth-order valence-corrected chi connectivity index (χ4v) is 1.68. The number of hydrogen-bond acceptors (Lipinski definition) is 2.